The first-order valence-electron chi connectivity index (χ1n) is 8.86. The molecule has 0 amide bonds. The van der Waals surface area contributed by atoms with Crippen LogP contribution in [0.25, 0.3) is 0 Å². The van der Waals surface area contributed by atoms with Gasteiger partial charge in [0.15, 0.2) is 5.96 Å². The van der Waals surface area contributed by atoms with Crippen molar-refractivity contribution >= 4 is 5.96 Å². The van der Waals surface area contributed by atoms with Crippen molar-refractivity contribution in [2.45, 2.75) is 26.0 Å². The lowest BCUT2D eigenvalue weighted by molar-refractivity contribution is -0.00830. The van der Waals surface area contributed by atoms with Gasteiger partial charge in [-0.2, -0.15) is 0 Å². The van der Waals surface area contributed by atoms with Gasteiger partial charge in [0, 0.05) is 39.1 Å². The van der Waals surface area contributed by atoms with Gasteiger partial charge in [0.1, 0.15) is 6.10 Å². The van der Waals surface area contributed by atoms with Crippen molar-refractivity contribution in [2.24, 2.45) is 4.99 Å². The van der Waals surface area contributed by atoms with E-state index in [0.717, 1.165) is 45.2 Å². The third-order valence-corrected chi connectivity index (χ3v) is 4.55. The van der Waals surface area contributed by atoms with E-state index in [2.05, 4.69) is 55.9 Å². The Bertz CT molecular complexity index is 683. The lowest BCUT2D eigenvalue weighted by atomic mass is 10.0. The van der Waals surface area contributed by atoms with Gasteiger partial charge in [-0.25, -0.2) is 4.98 Å². The number of aryl methyl sites for hydroxylation is 2. The van der Waals surface area contributed by atoms with Crippen LogP contribution in [0.5, 0.6) is 0 Å². The van der Waals surface area contributed by atoms with Crippen LogP contribution in [0.1, 0.15) is 23.7 Å². The van der Waals surface area contributed by atoms with Gasteiger partial charge in [-0.3, -0.25) is 4.99 Å². The molecule has 6 nitrogen and oxygen atoms in total. The summed E-state index contributed by atoms with van der Waals surface area (Å²) < 4.78 is 8.10. The Morgan fingerprint density at radius 1 is 1.40 bits per heavy atom. The Morgan fingerprint density at radius 3 is 3.04 bits per heavy atom. The van der Waals surface area contributed by atoms with Gasteiger partial charge in [0.2, 0.25) is 0 Å². The number of hydrogen-bond donors (Lipinski definition) is 1. The van der Waals surface area contributed by atoms with Crippen LogP contribution >= 0.6 is 0 Å². The summed E-state index contributed by atoms with van der Waals surface area (Å²) in [5.41, 5.74) is 2.54. The minimum absolute atomic E-state index is 0.0967. The number of hydrogen-bond acceptors (Lipinski definition) is 3. The molecule has 0 saturated carbocycles. The highest BCUT2D eigenvalue weighted by atomic mass is 16.5. The van der Waals surface area contributed by atoms with Crippen molar-refractivity contribution < 1.29 is 4.74 Å². The number of guanidine groups is 1. The fraction of sp³-hybridized carbons (Fsp3) is 0.474. The van der Waals surface area contributed by atoms with E-state index in [-0.39, 0.29) is 6.10 Å². The molecule has 1 fully saturated rings. The molecule has 1 unspecified atom stereocenters. The first-order chi connectivity index (χ1) is 12.3. The van der Waals surface area contributed by atoms with Crippen molar-refractivity contribution in [1.82, 2.24) is 19.8 Å². The summed E-state index contributed by atoms with van der Waals surface area (Å²) in [5.74, 6) is 0.951. The van der Waals surface area contributed by atoms with Gasteiger partial charge in [0.05, 0.1) is 19.5 Å². The number of aromatic nitrogens is 2. The Labute approximate surface area is 149 Å². The fourth-order valence-corrected chi connectivity index (χ4v) is 3.19. The Balaban J connectivity index is 1.53. The number of benzene rings is 1. The number of nitrogens with zero attached hydrogens (tertiary/aromatic N) is 4. The SMILES string of the molecule is CN=C(NCCCn1ccnc1)N1CCOC(c2ccccc2C)C1. The molecule has 2 heterocycles. The molecule has 1 aromatic heterocycles. The minimum atomic E-state index is 0.0967. The van der Waals surface area contributed by atoms with Crippen molar-refractivity contribution in [2.75, 3.05) is 33.3 Å². The van der Waals surface area contributed by atoms with Gasteiger partial charge >= 0.3 is 0 Å². The van der Waals surface area contributed by atoms with E-state index < -0.39 is 0 Å². The first kappa shape index (κ1) is 17.5. The van der Waals surface area contributed by atoms with Crippen LogP contribution in [0.15, 0.2) is 48.0 Å². The van der Waals surface area contributed by atoms with E-state index in [1.54, 1.807) is 0 Å². The smallest absolute Gasteiger partial charge is 0.193 e. The van der Waals surface area contributed by atoms with E-state index in [4.69, 9.17) is 4.74 Å². The molecule has 0 radical (unpaired) electrons. The van der Waals surface area contributed by atoms with Gasteiger partial charge < -0.3 is 19.5 Å². The average molecular weight is 341 g/mol. The number of ether oxygens (including phenoxy) is 1. The standard InChI is InChI=1S/C19H27N5O/c1-16-6-3-4-7-17(16)18-14-24(12-13-25-18)19(20-2)22-8-5-10-23-11-9-21-15-23/h3-4,6-7,9,11,15,18H,5,8,10,12-14H2,1-2H3,(H,20,22). The molecule has 1 atom stereocenters. The molecule has 1 aliphatic heterocycles. The van der Waals surface area contributed by atoms with E-state index >= 15 is 0 Å². The maximum absolute atomic E-state index is 6.01. The van der Waals surface area contributed by atoms with Crippen molar-refractivity contribution in [3.8, 4) is 0 Å². The van der Waals surface area contributed by atoms with Gasteiger partial charge in [-0.1, -0.05) is 24.3 Å². The van der Waals surface area contributed by atoms with Crippen molar-refractivity contribution in [3.05, 3.63) is 54.1 Å². The number of aliphatic imine (C=N–C) groups is 1. The average Bonchev–Trinajstić information content (AvgIpc) is 3.16. The first-order valence-corrected chi connectivity index (χ1v) is 8.86. The lowest BCUT2D eigenvalue weighted by Gasteiger charge is -2.35. The summed E-state index contributed by atoms with van der Waals surface area (Å²) in [7, 11) is 1.84. The highest BCUT2D eigenvalue weighted by Gasteiger charge is 2.24. The second-order valence-electron chi connectivity index (χ2n) is 6.29. The highest BCUT2D eigenvalue weighted by Crippen LogP contribution is 2.24. The summed E-state index contributed by atoms with van der Waals surface area (Å²) >= 11 is 0. The number of morpholine rings is 1. The van der Waals surface area contributed by atoms with E-state index in [1.807, 2.05) is 25.8 Å². The molecule has 0 bridgehead atoms. The second kappa shape index (κ2) is 8.67. The molecule has 134 valence electrons. The van der Waals surface area contributed by atoms with Crippen LogP contribution in [0.4, 0.5) is 0 Å². The van der Waals surface area contributed by atoms with Gasteiger partial charge in [0.25, 0.3) is 0 Å². The van der Waals surface area contributed by atoms with Crippen LogP contribution in [0, 0.1) is 6.92 Å². The molecule has 25 heavy (non-hydrogen) atoms. The summed E-state index contributed by atoms with van der Waals surface area (Å²) in [5, 5.41) is 3.47. The predicted octanol–water partition coefficient (Wildman–Crippen LogP) is 2.23. The molecule has 0 spiro atoms. The molecule has 1 aromatic carbocycles. The molecule has 0 aliphatic carbocycles. The zero-order chi connectivity index (χ0) is 17.5. The zero-order valence-electron chi connectivity index (χ0n) is 15.1. The summed E-state index contributed by atoms with van der Waals surface area (Å²) in [6.45, 7) is 6.39. The van der Waals surface area contributed by atoms with Crippen LogP contribution in [0.2, 0.25) is 0 Å². The molecular weight excluding hydrogens is 314 g/mol. The molecular formula is C19H27N5O. The fourth-order valence-electron chi connectivity index (χ4n) is 3.19. The third kappa shape index (κ3) is 4.60. The maximum atomic E-state index is 6.01. The van der Waals surface area contributed by atoms with Crippen LogP contribution in [-0.2, 0) is 11.3 Å². The van der Waals surface area contributed by atoms with Crippen LogP contribution in [0.3, 0.4) is 0 Å². The molecule has 1 N–H and O–H groups in total. The molecule has 1 aliphatic rings. The molecule has 6 heteroatoms. The lowest BCUT2D eigenvalue weighted by Crippen LogP contribution is -2.48. The quantitative estimate of drug-likeness (QED) is 0.515. The zero-order valence-corrected chi connectivity index (χ0v) is 15.1. The third-order valence-electron chi connectivity index (χ3n) is 4.55. The number of nitrogens with one attached hydrogen (secondary N) is 1. The molecule has 3 rings (SSSR count). The van der Waals surface area contributed by atoms with E-state index in [9.17, 15) is 0 Å². The van der Waals surface area contributed by atoms with E-state index in [0.29, 0.717) is 0 Å². The summed E-state index contributed by atoms with van der Waals surface area (Å²) in [6.07, 6.45) is 6.78. The Morgan fingerprint density at radius 2 is 2.28 bits per heavy atom. The van der Waals surface area contributed by atoms with Crippen LogP contribution in [-0.4, -0.2) is 53.7 Å². The summed E-state index contributed by atoms with van der Waals surface area (Å²) in [4.78, 5) is 10.8. The second-order valence-corrected chi connectivity index (χ2v) is 6.29. The normalized spacial score (nSPS) is 18.4. The van der Waals surface area contributed by atoms with Gasteiger partial charge in [-0.15, -0.1) is 0 Å². The topological polar surface area (TPSA) is 54.7 Å². The summed E-state index contributed by atoms with van der Waals surface area (Å²) in [6, 6.07) is 8.44. The van der Waals surface area contributed by atoms with Gasteiger partial charge in [-0.05, 0) is 24.5 Å². The number of imidazole rings is 1. The van der Waals surface area contributed by atoms with E-state index in [1.165, 1.54) is 11.1 Å². The Hall–Kier alpha value is -2.34. The predicted molar refractivity (Wildman–Crippen MR) is 99.7 cm³/mol. The largest absolute Gasteiger partial charge is 0.370 e. The van der Waals surface area contributed by atoms with Crippen LogP contribution < -0.4 is 5.32 Å². The monoisotopic (exact) mass is 341 g/mol. The highest BCUT2D eigenvalue weighted by molar-refractivity contribution is 5.80. The minimum Gasteiger partial charge on any atom is -0.370 e. The molecule has 1 saturated heterocycles. The molecule has 2 aromatic rings. The number of rotatable bonds is 5. The maximum Gasteiger partial charge on any atom is 0.193 e. The van der Waals surface area contributed by atoms with Crippen molar-refractivity contribution in [1.29, 1.82) is 0 Å². The van der Waals surface area contributed by atoms with Crippen molar-refractivity contribution in [3.63, 3.8) is 0 Å². The Kier molecular flexibility index (Phi) is 6.06.